The number of fused-ring (bicyclic) bond motifs is 8. The minimum Gasteiger partial charge on any atom is -0.469 e. The van der Waals surface area contributed by atoms with E-state index in [9.17, 15) is 26.4 Å². The van der Waals surface area contributed by atoms with Crippen LogP contribution in [0.15, 0.2) is 94.9 Å². The zero-order valence-electron chi connectivity index (χ0n) is 38.7. The zero-order valence-corrected chi connectivity index (χ0v) is 41.1. The maximum absolute atomic E-state index is 16.9. The van der Waals surface area contributed by atoms with Gasteiger partial charge in [0, 0.05) is 24.7 Å². The highest BCUT2D eigenvalue weighted by Gasteiger charge is 2.38. The van der Waals surface area contributed by atoms with Crippen LogP contribution in [0.5, 0.6) is 0 Å². The molecule has 0 spiro atoms. The minimum atomic E-state index is -5.26. The number of nitrogens with zero attached hydrogens (tertiary/aromatic N) is 4. The summed E-state index contributed by atoms with van der Waals surface area (Å²) in [6.45, 7) is 6.99. The Balaban J connectivity index is 1.47. The number of amides is 1. The lowest BCUT2D eigenvalue weighted by molar-refractivity contribution is -0.144. The Labute approximate surface area is 394 Å². The standard InChI is InChI=1S/C48H53F2N5O10S3/c1-30(44(56)64-6)23-32-15-11-16-33(24-32)48(4)20-12-19-47(2,3)29-67(60,61)22-18-35-34-17-21-55(66(7,58)59)40(34)27-38(50)42(35)68(62,63)41-25-36(43-52-45(48)53-54(43)5)37(49)26-39(41)51-46(57)65-28-31-13-9-8-10-14-31/h8-11,13-17,21,24-27,30H,12,18-20,22-23,28-29H2,1-7H3,(H,51,57)/t30-,48-/m1/s1. The van der Waals surface area contributed by atoms with Gasteiger partial charge in [-0.1, -0.05) is 81.8 Å². The maximum atomic E-state index is 16.9. The Bertz CT molecular complexity index is 3280. The summed E-state index contributed by atoms with van der Waals surface area (Å²) in [6.07, 6.45) is 1.80. The van der Waals surface area contributed by atoms with Crippen LogP contribution in [0.3, 0.4) is 0 Å². The minimum absolute atomic E-state index is 0.0561. The first-order valence-corrected chi connectivity index (χ1v) is 26.9. The second-order valence-corrected chi connectivity index (χ2v) is 24.3. The maximum Gasteiger partial charge on any atom is 0.411 e. The van der Waals surface area contributed by atoms with Gasteiger partial charge >= 0.3 is 12.1 Å². The largest absolute Gasteiger partial charge is 0.469 e. The van der Waals surface area contributed by atoms with E-state index in [0.717, 1.165) is 45.8 Å². The van der Waals surface area contributed by atoms with Gasteiger partial charge in [0.2, 0.25) is 19.9 Å². The lowest BCUT2D eigenvalue weighted by Gasteiger charge is -2.31. The Morgan fingerprint density at radius 3 is 2.32 bits per heavy atom. The number of halogens is 2. The van der Waals surface area contributed by atoms with E-state index in [-0.39, 0.29) is 46.4 Å². The molecule has 1 aliphatic heterocycles. The molecule has 2 aromatic heterocycles. The molecule has 4 aromatic carbocycles. The van der Waals surface area contributed by atoms with Crippen LogP contribution in [0.2, 0.25) is 0 Å². The molecule has 15 nitrogen and oxygen atoms in total. The number of benzene rings is 4. The quantitative estimate of drug-likeness (QED) is 0.114. The molecule has 7 rings (SSSR count). The molecule has 0 fully saturated rings. The van der Waals surface area contributed by atoms with Crippen molar-refractivity contribution in [3.05, 3.63) is 125 Å². The molecule has 0 saturated heterocycles. The van der Waals surface area contributed by atoms with Gasteiger partial charge in [0.15, 0.2) is 21.5 Å². The number of carbonyl (C=O) groups is 2. The average molecular weight is 994 g/mol. The van der Waals surface area contributed by atoms with Gasteiger partial charge in [0.05, 0.1) is 57.9 Å². The van der Waals surface area contributed by atoms with Gasteiger partial charge in [0.25, 0.3) is 0 Å². The van der Waals surface area contributed by atoms with Crippen molar-refractivity contribution in [3.63, 3.8) is 0 Å². The number of hydrogen-bond acceptors (Lipinski definition) is 12. The smallest absolute Gasteiger partial charge is 0.411 e. The van der Waals surface area contributed by atoms with Crippen LogP contribution in [-0.4, -0.2) is 80.9 Å². The van der Waals surface area contributed by atoms with Crippen LogP contribution >= 0.6 is 0 Å². The molecule has 0 saturated carbocycles. The Morgan fingerprint density at radius 1 is 0.926 bits per heavy atom. The SMILES string of the molecule is COC(=O)[C@H](C)Cc1cccc([C@@]2(C)CCCC(C)(C)CS(=O)(=O)CCc3c(c(F)cc4c3ccn4S(C)(=O)=O)S(=O)(=O)c3cc(c(F)cc3NC(=O)OCc3ccccc3)-c3nc2nn3C)c1. The van der Waals surface area contributed by atoms with E-state index in [1.54, 1.807) is 51.1 Å². The molecule has 3 heterocycles. The summed E-state index contributed by atoms with van der Waals surface area (Å²) in [5.41, 5.74) is -1.34. The fourth-order valence-corrected chi connectivity index (χ4v) is 13.5. The van der Waals surface area contributed by atoms with Crippen LogP contribution in [0, 0.1) is 23.0 Å². The van der Waals surface area contributed by atoms with Crippen LogP contribution in [0.1, 0.15) is 75.0 Å². The lowest BCUT2D eigenvalue weighted by Crippen LogP contribution is -2.29. The number of carbonyl (C=O) groups excluding carboxylic acids is 2. The van der Waals surface area contributed by atoms with Crippen molar-refractivity contribution in [2.45, 2.75) is 81.6 Å². The molecule has 0 aliphatic carbocycles. The number of nitrogens with one attached hydrogen (secondary N) is 1. The highest BCUT2D eigenvalue weighted by Crippen LogP contribution is 2.42. The van der Waals surface area contributed by atoms with E-state index < -0.39 is 97.4 Å². The fourth-order valence-electron chi connectivity index (χ4n) is 8.96. The summed E-state index contributed by atoms with van der Waals surface area (Å²) in [4.78, 5) is 28.8. The predicted octanol–water partition coefficient (Wildman–Crippen LogP) is 7.93. The van der Waals surface area contributed by atoms with E-state index in [4.69, 9.17) is 19.6 Å². The van der Waals surface area contributed by atoms with Gasteiger partial charge in [-0.2, -0.15) is 5.10 Å². The molecule has 1 aliphatic rings. The number of ether oxygens (including phenoxy) is 2. The van der Waals surface area contributed by atoms with Crippen molar-refractivity contribution in [1.29, 1.82) is 0 Å². The summed E-state index contributed by atoms with van der Waals surface area (Å²) in [6, 6.07) is 19.7. The van der Waals surface area contributed by atoms with Crippen molar-refractivity contribution < 1.29 is 53.1 Å². The first-order valence-electron chi connectivity index (χ1n) is 21.7. The highest BCUT2D eigenvalue weighted by atomic mass is 32.2. The molecule has 0 radical (unpaired) electrons. The molecule has 6 aromatic rings. The summed E-state index contributed by atoms with van der Waals surface area (Å²) >= 11 is 0. The van der Waals surface area contributed by atoms with Crippen LogP contribution in [-0.2, 0) is 75.9 Å². The van der Waals surface area contributed by atoms with Crippen molar-refractivity contribution >= 4 is 58.4 Å². The van der Waals surface area contributed by atoms with E-state index in [2.05, 4.69) is 5.32 Å². The van der Waals surface area contributed by atoms with Crippen molar-refractivity contribution in [2.75, 3.05) is 30.2 Å². The number of rotatable bonds is 8. The molecule has 1 N–H and O–H groups in total. The Hall–Kier alpha value is -5.99. The number of esters is 1. The first kappa shape index (κ1) is 49.9. The van der Waals surface area contributed by atoms with E-state index in [1.807, 2.05) is 31.2 Å². The second-order valence-electron chi connectivity index (χ2n) is 18.4. The van der Waals surface area contributed by atoms with Gasteiger partial charge < -0.3 is 9.47 Å². The van der Waals surface area contributed by atoms with Gasteiger partial charge in [-0.3, -0.25) is 10.1 Å². The number of aryl methyl sites for hydroxylation is 2. The molecule has 4 bridgehead atoms. The van der Waals surface area contributed by atoms with Crippen molar-refractivity contribution in [3.8, 4) is 11.4 Å². The van der Waals surface area contributed by atoms with E-state index in [1.165, 1.54) is 24.9 Å². The molecule has 20 heteroatoms. The number of aromatic nitrogens is 4. The summed E-state index contributed by atoms with van der Waals surface area (Å²) in [5, 5.41) is 7.03. The van der Waals surface area contributed by atoms with Crippen LogP contribution in [0.25, 0.3) is 22.3 Å². The summed E-state index contributed by atoms with van der Waals surface area (Å²) in [5.74, 6) is -4.22. The summed E-state index contributed by atoms with van der Waals surface area (Å²) < 4.78 is 131. The number of anilines is 1. The lowest BCUT2D eigenvalue weighted by atomic mass is 9.75. The molecular formula is C48H53F2N5O10S3. The molecular weight excluding hydrogens is 941 g/mol. The van der Waals surface area contributed by atoms with Gasteiger partial charge in [0.1, 0.15) is 23.1 Å². The molecule has 2 atom stereocenters. The first-order chi connectivity index (χ1) is 31.8. The van der Waals surface area contributed by atoms with Gasteiger partial charge in [-0.15, -0.1) is 0 Å². The van der Waals surface area contributed by atoms with E-state index >= 15 is 17.2 Å². The molecule has 1 amide bonds. The van der Waals surface area contributed by atoms with Gasteiger partial charge in [-0.25, -0.2) is 52.5 Å². The third-order valence-electron chi connectivity index (χ3n) is 12.4. The van der Waals surface area contributed by atoms with Crippen LogP contribution in [0.4, 0.5) is 19.3 Å². The fraction of sp³-hybridized carbons (Fsp3) is 0.375. The van der Waals surface area contributed by atoms with E-state index in [0.29, 0.717) is 31.2 Å². The molecule has 68 heavy (non-hydrogen) atoms. The molecule has 0 unspecified atom stereocenters. The zero-order chi connectivity index (χ0) is 49.6. The number of sulfone groups is 2. The monoisotopic (exact) mass is 993 g/mol. The highest BCUT2D eigenvalue weighted by molar-refractivity contribution is 7.92. The Kier molecular flexibility index (Phi) is 13.8. The average Bonchev–Trinajstić information content (AvgIpc) is 3.88. The van der Waals surface area contributed by atoms with Crippen LogP contribution < -0.4 is 5.32 Å². The van der Waals surface area contributed by atoms with Gasteiger partial charge in [-0.05, 0) is 78.5 Å². The second kappa shape index (κ2) is 18.8. The third-order valence-corrected chi connectivity index (χ3v) is 17.4. The third kappa shape index (κ3) is 10.4. The molecule has 362 valence electrons. The normalized spacial score (nSPS) is 18.7. The number of hydrogen-bond donors (Lipinski definition) is 1. The Morgan fingerprint density at radius 2 is 1.63 bits per heavy atom. The van der Waals surface area contributed by atoms with Crippen molar-refractivity contribution in [1.82, 2.24) is 18.7 Å². The number of methoxy groups -OCH3 is 1. The predicted molar refractivity (Wildman–Crippen MR) is 252 cm³/mol. The summed E-state index contributed by atoms with van der Waals surface area (Å²) in [7, 11) is -10.6. The topological polar surface area (TPSA) is 203 Å². The van der Waals surface area contributed by atoms with Crippen molar-refractivity contribution in [2.24, 2.45) is 18.4 Å².